The van der Waals surface area contributed by atoms with Crippen molar-refractivity contribution < 1.29 is 84.1 Å². The van der Waals surface area contributed by atoms with E-state index in [0.717, 1.165) is 76.2 Å². The fourth-order valence-corrected chi connectivity index (χ4v) is 11.5. The molecule has 2 unspecified atom stereocenters. The molecule has 1 aromatic rings. The second kappa shape index (κ2) is 25.3. The van der Waals surface area contributed by atoms with Gasteiger partial charge in [-0.2, -0.15) is 22.0 Å². The van der Waals surface area contributed by atoms with Crippen LogP contribution in [0.1, 0.15) is 153 Å². The van der Waals surface area contributed by atoms with Crippen LogP contribution in [0.3, 0.4) is 0 Å². The van der Waals surface area contributed by atoms with Gasteiger partial charge in [-0.3, -0.25) is 28.8 Å². The molecule has 1 N–H and O–H groups in total. The molecule has 0 aromatic heterocycles. The molecule has 3 aliphatic carbocycles. The van der Waals surface area contributed by atoms with Gasteiger partial charge in [0, 0.05) is 31.6 Å². The largest absolute Gasteiger partial charge is 0.616 e. The number of ether oxygens (including phenoxy) is 4. The summed E-state index contributed by atoms with van der Waals surface area (Å²) < 4.78 is 96.9. The summed E-state index contributed by atoms with van der Waals surface area (Å²) in [6.45, 7) is 3.52. The number of aromatic hydroxyl groups is 1. The molecule has 4 rings (SSSR count). The van der Waals surface area contributed by atoms with E-state index in [9.17, 15) is 65.2 Å². The molecule has 0 radical (unpaired) electrons. The number of carbonyl (C=O) groups is 7. The molecule has 2 saturated carbocycles. The minimum Gasteiger partial charge on any atom is -0.616 e. The highest BCUT2D eigenvalue weighted by Gasteiger charge is 2.59. The average molecular weight is 963 g/mol. The maximum absolute atomic E-state index is 13.1. The van der Waals surface area contributed by atoms with Crippen LogP contribution in [-0.2, 0) is 65.3 Å². The highest BCUT2D eigenvalue weighted by atomic mass is 32.2. The van der Waals surface area contributed by atoms with E-state index in [1.165, 1.54) is 12.5 Å². The number of Topliss-reactive ketones (excluding diaryl/α,β-unsaturated/α-hetero) is 2. The van der Waals surface area contributed by atoms with Crippen molar-refractivity contribution in [2.75, 3.05) is 11.5 Å². The Bertz CT molecular complexity index is 1810. The lowest BCUT2D eigenvalue weighted by Crippen LogP contribution is -2.48. The number of hydrogen-bond donors (Lipinski definition) is 1. The zero-order chi connectivity index (χ0) is 48.7. The predicted octanol–water partition coefficient (Wildman–Crippen LogP) is 9.13. The fourth-order valence-electron chi connectivity index (χ4n) is 10.3. The monoisotopic (exact) mass is 962 g/mol. The van der Waals surface area contributed by atoms with Crippen LogP contribution in [0.15, 0.2) is 18.2 Å². The first-order chi connectivity index (χ1) is 31.2. The topological polar surface area (TPSA) is 200 Å². The van der Waals surface area contributed by atoms with Gasteiger partial charge in [-0.15, -0.1) is 0 Å². The Balaban J connectivity index is 1.20. The number of carbonyl (C=O) groups excluding carboxylic acids is 7. The third-order valence-electron chi connectivity index (χ3n) is 13.5. The second-order valence-corrected chi connectivity index (χ2v) is 19.9. The van der Waals surface area contributed by atoms with Crippen molar-refractivity contribution in [2.45, 2.75) is 179 Å². The van der Waals surface area contributed by atoms with Crippen LogP contribution in [0.5, 0.6) is 5.75 Å². The number of ketones is 2. The maximum atomic E-state index is 13.1. The number of phenols is 1. The van der Waals surface area contributed by atoms with Crippen LogP contribution in [-0.4, -0.2) is 94.0 Å². The summed E-state index contributed by atoms with van der Waals surface area (Å²) in [5.74, 6) is -6.71. The zero-order valence-corrected chi connectivity index (χ0v) is 38.4. The van der Waals surface area contributed by atoms with Crippen LogP contribution in [0, 0.1) is 23.2 Å². The summed E-state index contributed by atoms with van der Waals surface area (Å²) in [7, 11) is 0. The van der Waals surface area contributed by atoms with Crippen molar-refractivity contribution in [3.8, 4) is 5.75 Å². The molecule has 66 heavy (non-hydrogen) atoms. The lowest BCUT2D eigenvalue weighted by atomic mass is 9.52. The van der Waals surface area contributed by atoms with Crippen molar-refractivity contribution >= 4 is 53.4 Å². The number of unbranched alkanes of at least 4 members (excludes halogenated alkanes) is 6. The van der Waals surface area contributed by atoms with Gasteiger partial charge in [0.25, 0.3) is 0 Å². The summed E-state index contributed by atoms with van der Waals surface area (Å²) in [6.07, 6.45) is -1.89. The Labute approximate surface area is 385 Å². The number of rotatable bonds is 28. The SMILES string of the molecule is CC(OC(=O)CCCC(=O)OC(CC(=O)C=O)CC(=O)C=O)OC(=O)O[C@H]1CC[C@H]2[C@@H]3[C@H](CCCCCCCCC[S+]([O-])CCCC(F)(F)C(F)(F)F)Cc4cc(O)ccc4[C@H]3CC[C@]12C. The normalized spacial score (nSPS) is 23.4. The summed E-state index contributed by atoms with van der Waals surface area (Å²) in [4.78, 5) is 82.1. The van der Waals surface area contributed by atoms with Gasteiger partial charge in [-0.05, 0) is 111 Å². The molecule has 1 aromatic carbocycles. The molecule has 13 nitrogen and oxygen atoms in total. The zero-order valence-electron chi connectivity index (χ0n) is 37.6. The van der Waals surface area contributed by atoms with Crippen molar-refractivity contribution in [3.63, 3.8) is 0 Å². The van der Waals surface area contributed by atoms with E-state index in [0.29, 0.717) is 24.7 Å². The predicted molar refractivity (Wildman–Crippen MR) is 229 cm³/mol. The van der Waals surface area contributed by atoms with E-state index in [-0.39, 0.29) is 66.3 Å². The number of fused-ring (bicyclic) bond motifs is 5. The number of aldehydes is 2. The molecular weight excluding hydrogens is 900 g/mol. The van der Waals surface area contributed by atoms with Crippen molar-refractivity contribution in [3.05, 3.63) is 29.3 Å². The Morgan fingerprint density at radius 2 is 1.44 bits per heavy atom. The van der Waals surface area contributed by atoms with Gasteiger partial charge in [-0.25, -0.2) is 4.79 Å². The van der Waals surface area contributed by atoms with E-state index in [1.807, 2.05) is 12.1 Å². The Morgan fingerprint density at radius 3 is 2.08 bits per heavy atom. The standard InChI is InChI=1S/C47H63F5O13S/c1-30(62-41(58)13-10-14-42(59)64-36(26-34(56)28-53)27-35(57)29-54)63-44(60)65-40-18-17-39-43-31(24-32-25-33(55)15-16-37(32)38(43)19-21-45(39,40)2)12-8-6-4-3-5-7-9-22-66(61)23-11-20-46(48,49)47(50,51)52/h15-16,25,28-31,36,38-40,43,55H,3-14,17-24,26-27H2,1-2H3/t30?,31-,38-,39+,40+,43-,45+,66?/m1/s1. The van der Waals surface area contributed by atoms with Gasteiger partial charge in [-0.1, -0.05) is 56.3 Å². The molecule has 19 heteroatoms. The van der Waals surface area contributed by atoms with Crippen LogP contribution >= 0.6 is 0 Å². The summed E-state index contributed by atoms with van der Waals surface area (Å²) in [5.41, 5.74) is 2.09. The Kier molecular flexibility index (Phi) is 20.9. The maximum Gasteiger partial charge on any atom is 0.511 e. The van der Waals surface area contributed by atoms with Crippen molar-refractivity contribution in [2.24, 2.45) is 23.2 Å². The number of esters is 2. The van der Waals surface area contributed by atoms with Crippen molar-refractivity contribution in [1.82, 2.24) is 0 Å². The summed E-state index contributed by atoms with van der Waals surface area (Å²) >= 11 is -1.44. The minimum absolute atomic E-state index is 0.0112. The number of alkyl halides is 5. The molecule has 2 fully saturated rings. The van der Waals surface area contributed by atoms with Gasteiger partial charge in [0.15, 0.2) is 24.1 Å². The average Bonchev–Trinajstić information content (AvgIpc) is 3.56. The molecule has 0 aliphatic heterocycles. The van der Waals surface area contributed by atoms with Crippen LogP contribution < -0.4 is 0 Å². The number of benzene rings is 1. The van der Waals surface area contributed by atoms with E-state index >= 15 is 0 Å². The smallest absolute Gasteiger partial charge is 0.511 e. The van der Waals surface area contributed by atoms with Gasteiger partial charge in [0.2, 0.25) is 6.29 Å². The van der Waals surface area contributed by atoms with Gasteiger partial charge in [0.1, 0.15) is 29.5 Å². The lowest BCUT2D eigenvalue weighted by Gasteiger charge is -2.53. The summed E-state index contributed by atoms with van der Waals surface area (Å²) in [6, 6.07) is 5.65. The van der Waals surface area contributed by atoms with Crippen LogP contribution in [0.25, 0.3) is 0 Å². The third-order valence-corrected chi connectivity index (χ3v) is 15.0. The van der Waals surface area contributed by atoms with E-state index in [1.54, 1.807) is 6.07 Å². The highest BCUT2D eigenvalue weighted by molar-refractivity contribution is 7.91. The molecule has 8 atom stereocenters. The third kappa shape index (κ3) is 16.0. The minimum atomic E-state index is -5.60. The van der Waals surface area contributed by atoms with Gasteiger partial charge in [0.05, 0.1) is 12.8 Å². The Hall–Kier alpha value is -4.13. The lowest BCUT2D eigenvalue weighted by molar-refractivity contribution is -0.284. The van der Waals surface area contributed by atoms with Gasteiger partial charge >= 0.3 is 30.2 Å². The molecule has 0 saturated heterocycles. The molecule has 0 amide bonds. The first kappa shape index (κ1) is 54.5. The van der Waals surface area contributed by atoms with Gasteiger partial charge < -0.3 is 28.6 Å². The molecular formula is C47H63F5O13S. The molecule has 0 bridgehead atoms. The van der Waals surface area contributed by atoms with E-state index in [4.69, 9.17) is 18.9 Å². The Morgan fingerprint density at radius 1 is 0.833 bits per heavy atom. The van der Waals surface area contributed by atoms with E-state index in [2.05, 4.69) is 6.92 Å². The number of phenolic OH excluding ortho intramolecular Hbond substituents is 1. The first-order valence-electron chi connectivity index (χ1n) is 23.0. The summed E-state index contributed by atoms with van der Waals surface area (Å²) in [5, 5.41) is 10.4. The first-order valence-corrected chi connectivity index (χ1v) is 24.5. The number of hydrogen-bond acceptors (Lipinski definition) is 13. The van der Waals surface area contributed by atoms with Crippen LogP contribution in [0.2, 0.25) is 0 Å². The molecule has 0 heterocycles. The fraction of sp³-hybridized carbons (Fsp3) is 0.723. The van der Waals surface area contributed by atoms with E-state index < -0.39 is 97.1 Å². The van der Waals surface area contributed by atoms with Crippen molar-refractivity contribution in [1.29, 1.82) is 0 Å². The highest BCUT2D eigenvalue weighted by Crippen LogP contribution is 2.63. The molecule has 370 valence electrons. The molecule has 0 spiro atoms. The quantitative estimate of drug-likeness (QED) is 0.0122. The number of halogens is 5. The molecule has 3 aliphatic rings. The van der Waals surface area contributed by atoms with Crippen LogP contribution in [0.4, 0.5) is 26.7 Å². The second-order valence-electron chi connectivity index (χ2n) is 18.3.